The number of aryl methyl sites for hydroxylation is 5. The minimum absolute atomic E-state index is 0.652. The Hall–Kier alpha value is -5.16. The summed E-state index contributed by atoms with van der Waals surface area (Å²) in [5, 5.41) is 7.43. The van der Waals surface area contributed by atoms with Gasteiger partial charge in [0.15, 0.2) is 0 Å². The monoisotopic (exact) mass is 618 g/mol. The number of para-hydroxylation sites is 1. The molecule has 7 aromatic rings. The molecule has 0 radical (unpaired) electrons. The largest absolute Gasteiger partial charge is 0.457 e. The normalized spacial score (nSPS) is 11.7. The van der Waals surface area contributed by atoms with Crippen LogP contribution in [0.25, 0.3) is 44.4 Å². The summed E-state index contributed by atoms with van der Waals surface area (Å²) in [6.45, 7) is 15.4. The molecule has 0 atom stereocenters. The van der Waals surface area contributed by atoms with Gasteiger partial charge in [0.25, 0.3) is 0 Å². The third-order valence-electron chi connectivity index (χ3n) is 9.17. The minimum Gasteiger partial charge on any atom is -0.457 e. The second kappa shape index (κ2) is 12.2. The smallest absolute Gasteiger partial charge is 0.137 e. The van der Waals surface area contributed by atoms with Crippen LogP contribution in [0.1, 0.15) is 53.9 Å². The Balaban J connectivity index is 1.26. The molecule has 3 heterocycles. The van der Waals surface area contributed by atoms with Crippen molar-refractivity contribution >= 4 is 21.8 Å². The van der Waals surface area contributed by atoms with Crippen LogP contribution in [0.3, 0.4) is 0 Å². The Bertz CT molecular complexity index is 2270. The van der Waals surface area contributed by atoms with Gasteiger partial charge in [0.05, 0.1) is 22.4 Å². The summed E-state index contributed by atoms with van der Waals surface area (Å²) in [6, 6.07) is 31.8. The second-order valence-electron chi connectivity index (χ2n) is 13.3. The fourth-order valence-corrected chi connectivity index (χ4v) is 7.03. The molecule has 0 amide bonds. The van der Waals surface area contributed by atoms with Crippen LogP contribution >= 0.6 is 0 Å². The standard InChI is InChI=1S/C42H42N4O/c1-26(2)15-16-32-22-28(4)21-29(5)41(32)42-30(6)44-46(31(42)7)33-11-10-12-34(24-33)47-35-17-18-37-36-13-8-9-14-38(36)45(39(37)25-35)40-23-27(3)19-20-43-40/h8-14,17-26H,15-16H2,1-7H3. The van der Waals surface area contributed by atoms with Gasteiger partial charge in [0.1, 0.15) is 17.3 Å². The van der Waals surface area contributed by atoms with Crippen molar-refractivity contribution in [2.75, 3.05) is 0 Å². The fourth-order valence-electron chi connectivity index (χ4n) is 7.03. The fraction of sp³-hybridized carbons (Fsp3) is 0.238. The number of benzene rings is 4. The number of rotatable bonds is 8. The van der Waals surface area contributed by atoms with Gasteiger partial charge in [-0.3, -0.25) is 4.57 Å². The van der Waals surface area contributed by atoms with E-state index in [0.717, 1.165) is 58.3 Å². The topological polar surface area (TPSA) is 44.9 Å². The van der Waals surface area contributed by atoms with E-state index >= 15 is 0 Å². The number of aromatic nitrogens is 4. The van der Waals surface area contributed by atoms with Crippen LogP contribution < -0.4 is 4.74 Å². The van der Waals surface area contributed by atoms with Crippen molar-refractivity contribution in [3.63, 3.8) is 0 Å². The van der Waals surface area contributed by atoms with Crippen LogP contribution in [0.5, 0.6) is 11.5 Å². The first-order valence-electron chi connectivity index (χ1n) is 16.6. The average molecular weight is 619 g/mol. The summed E-state index contributed by atoms with van der Waals surface area (Å²) in [4.78, 5) is 4.73. The van der Waals surface area contributed by atoms with Gasteiger partial charge in [-0.25, -0.2) is 9.67 Å². The molecule has 5 nitrogen and oxygen atoms in total. The summed E-state index contributed by atoms with van der Waals surface area (Å²) < 4.78 is 10.8. The lowest BCUT2D eigenvalue weighted by Crippen LogP contribution is -2.01. The Morgan fingerprint density at radius 2 is 1.49 bits per heavy atom. The first-order chi connectivity index (χ1) is 22.7. The molecule has 3 aromatic heterocycles. The van der Waals surface area contributed by atoms with Crippen molar-refractivity contribution in [1.82, 2.24) is 19.3 Å². The van der Waals surface area contributed by atoms with Crippen molar-refractivity contribution in [2.45, 2.75) is 61.3 Å². The molecule has 0 aliphatic rings. The molecular formula is C42H42N4O. The molecule has 0 unspecified atom stereocenters. The lowest BCUT2D eigenvalue weighted by atomic mass is 9.88. The number of hydrogen-bond donors (Lipinski definition) is 0. The highest BCUT2D eigenvalue weighted by molar-refractivity contribution is 6.09. The quantitative estimate of drug-likeness (QED) is 0.170. The predicted octanol–water partition coefficient (Wildman–Crippen LogP) is 11.0. The maximum Gasteiger partial charge on any atom is 0.137 e. The van der Waals surface area contributed by atoms with Gasteiger partial charge in [-0.2, -0.15) is 5.10 Å². The molecule has 0 aliphatic carbocycles. The van der Waals surface area contributed by atoms with Gasteiger partial charge in [0, 0.05) is 40.4 Å². The van der Waals surface area contributed by atoms with Gasteiger partial charge < -0.3 is 4.74 Å². The summed E-state index contributed by atoms with van der Waals surface area (Å²) in [5.41, 5.74) is 13.1. The second-order valence-corrected chi connectivity index (χ2v) is 13.3. The first-order valence-corrected chi connectivity index (χ1v) is 16.6. The zero-order valence-corrected chi connectivity index (χ0v) is 28.4. The highest BCUT2D eigenvalue weighted by Gasteiger charge is 2.20. The van der Waals surface area contributed by atoms with Crippen LogP contribution in [0.15, 0.2) is 97.2 Å². The Morgan fingerprint density at radius 1 is 0.702 bits per heavy atom. The van der Waals surface area contributed by atoms with Gasteiger partial charge in [0.2, 0.25) is 0 Å². The van der Waals surface area contributed by atoms with Crippen molar-refractivity contribution < 1.29 is 4.74 Å². The Kier molecular flexibility index (Phi) is 7.93. The molecule has 0 saturated carbocycles. The van der Waals surface area contributed by atoms with E-state index in [0.29, 0.717) is 5.92 Å². The van der Waals surface area contributed by atoms with Gasteiger partial charge >= 0.3 is 0 Å². The third-order valence-corrected chi connectivity index (χ3v) is 9.17. The van der Waals surface area contributed by atoms with E-state index in [-0.39, 0.29) is 0 Å². The Labute approximate surface area is 277 Å². The molecule has 0 N–H and O–H groups in total. The third kappa shape index (κ3) is 5.71. The van der Waals surface area contributed by atoms with Crippen LogP contribution in [-0.4, -0.2) is 19.3 Å². The van der Waals surface area contributed by atoms with Crippen LogP contribution in [0.2, 0.25) is 0 Å². The van der Waals surface area contributed by atoms with Crippen LogP contribution in [0.4, 0.5) is 0 Å². The molecular weight excluding hydrogens is 576 g/mol. The molecule has 7 rings (SSSR count). The summed E-state index contributed by atoms with van der Waals surface area (Å²) >= 11 is 0. The van der Waals surface area contributed by atoms with Crippen molar-refractivity contribution in [2.24, 2.45) is 5.92 Å². The molecule has 0 fully saturated rings. The number of fused-ring (bicyclic) bond motifs is 3. The SMILES string of the molecule is Cc1ccnc(-n2c3ccccc3c3ccc(Oc4cccc(-n5nc(C)c(-c6c(C)cc(C)cc6CCC(C)C)c5C)c4)cc32)c1. The molecule has 0 spiro atoms. The maximum atomic E-state index is 6.55. The van der Waals surface area contributed by atoms with Crippen LogP contribution in [-0.2, 0) is 6.42 Å². The lowest BCUT2D eigenvalue weighted by molar-refractivity contribution is 0.482. The Morgan fingerprint density at radius 3 is 2.30 bits per heavy atom. The highest BCUT2D eigenvalue weighted by atomic mass is 16.5. The number of ether oxygens (including phenoxy) is 1. The van der Waals surface area contributed by atoms with Crippen LogP contribution in [0, 0.1) is 40.5 Å². The molecule has 4 aromatic carbocycles. The zero-order chi connectivity index (χ0) is 32.8. The summed E-state index contributed by atoms with van der Waals surface area (Å²) in [6.07, 6.45) is 4.09. The minimum atomic E-state index is 0.652. The van der Waals surface area contributed by atoms with E-state index in [1.54, 1.807) is 0 Å². The molecule has 0 bridgehead atoms. The predicted molar refractivity (Wildman–Crippen MR) is 194 cm³/mol. The zero-order valence-electron chi connectivity index (χ0n) is 28.4. The van der Waals surface area contributed by atoms with Crippen molar-refractivity contribution in [1.29, 1.82) is 0 Å². The molecule has 47 heavy (non-hydrogen) atoms. The van der Waals surface area contributed by atoms with Gasteiger partial charge in [-0.1, -0.05) is 55.8 Å². The number of nitrogens with zero attached hydrogens (tertiary/aromatic N) is 4. The van der Waals surface area contributed by atoms with E-state index in [1.165, 1.54) is 44.2 Å². The van der Waals surface area contributed by atoms with Crippen molar-refractivity contribution in [3.05, 3.63) is 131 Å². The number of hydrogen-bond acceptors (Lipinski definition) is 3. The highest BCUT2D eigenvalue weighted by Crippen LogP contribution is 2.38. The molecule has 0 aliphatic heterocycles. The number of pyridine rings is 1. The summed E-state index contributed by atoms with van der Waals surface area (Å²) in [7, 11) is 0. The van der Waals surface area contributed by atoms with E-state index < -0.39 is 0 Å². The average Bonchev–Trinajstić information content (AvgIpc) is 3.52. The maximum absolute atomic E-state index is 6.55. The van der Waals surface area contributed by atoms with E-state index in [4.69, 9.17) is 14.8 Å². The van der Waals surface area contributed by atoms with Gasteiger partial charge in [-0.15, -0.1) is 0 Å². The summed E-state index contributed by atoms with van der Waals surface area (Å²) in [5.74, 6) is 3.08. The van der Waals surface area contributed by atoms with Crippen molar-refractivity contribution in [3.8, 4) is 34.1 Å². The van der Waals surface area contributed by atoms with E-state index in [9.17, 15) is 0 Å². The van der Waals surface area contributed by atoms with E-state index in [1.807, 2.05) is 24.4 Å². The lowest BCUT2D eigenvalue weighted by Gasteiger charge is -2.16. The molecule has 0 saturated heterocycles. The first kappa shape index (κ1) is 30.5. The molecule has 236 valence electrons. The van der Waals surface area contributed by atoms with E-state index in [2.05, 4.69) is 131 Å². The molecule has 5 heteroatoms. The van der Waals surface area contributed by atoms with Gasteiger partial charge in [-0.05, 0) is 118 Å².